The van der Waals surface area contributed by atoms with Crippen molar-refractivity contribution in [2.45, 2.75) is 13.3 Å². The molecule has 2 rings (SSSR count). The lowest BCUT2D eigenvalue weighted by Gasteiger charge is -2.14. The third kappa shape index (κ3) is 4.01. The number of carbonyl (C=O) groups excluding carboxylic acids is 1. The van der Waals surface area contributed by atoms with Crippen molar-refractivity contribution in [3.05, 3.63) is 52.5 Å². The molecule has 0 aromatic heterocycles. The first-order valence-corrected chi connectivity index (χ1v) is 7.81. The maximum absolute atomic E-state index is 12.3. The normalized spacial score (nSPS) is 10.1. The van der Waals surface area contributed by atoms with Crippen LogP contribution < -0.4 is 14.8 Å². The number of benzene rings is 2. The van der Waals surface area contributed by atoms with Gasteiger partial charge in [-0.1, -0.05) is 25.1 Å². The third-order valence-corrected chi connectivity index (χ3v) is 3.56. The molecule has 0 aliphatic heterocycles. The van der Waals surface area contributed by atoms with E-state index in [9.17, 15) is 4.79 Å². The number of hydrogen-bond donors (Lipinski definition) is 1. The molecule has 2 aromatic rings. The average Bonchev–Trinajstić information content (AvgIpc) is 2.54. The first kappa shape index (κ1) is 16.4. The Hall–Kier alpha value is -2.01. The SMILES string of the molecule is CCCOc1c(Br)cc(C(=O)Nc2ccccc2)cc1OC. The summed E-state index contributed by atoms with van der Waals surface area (Å²) in [5.74, 6) is 0.939. The highest BCUT2D eigenvalue weighted by atomic mass is 79.9. The molecular weight excluding hydrogens is 346 g/mol. The molecule has 1 N–H and O–H groups in total. The Morgan fingerprint density at radius 1 is 1.23 bits per heavy atom. The molecule has 0 aliphatic rings. The second-order valence-corrected chi connectivity index (χ2v) is 5.51. The Morgan fingerprint density at radius 2 is 1.95 bits per heavy atom. The lowest BCUT2D eigenvalue weighted by atomic mass is 10.1. The highest BCUT2D eigenvalue weighted by Crippen LogP contribution is 2.37. The van der Waals surface area contributed by atoms with E-state index in [0.29, 0.717) is 28.1 Å². The number of ether oxygens (including phenoxy) is 2. The van der Waals surface area contributed by atoms with Crippen molar-refractivity contribution in [1.29, 1.82) is 0 Å². The summed E-state index contributed by atoms with van der Waals surface area (Å²) in [4.78, 5) is 12.3. The lowest BCUT2D eigenvalue weighted by Crippen LogP contribution is -2.12. The number of carbonyl (C=O) groups is 1. The van der Waals surface area contributed by atoms with Crippen LogP contribution in [0.3, 0.4) is 0 Å². The van der Waals surface area contributed by atoms with E-state index in [1.807, 2.05) is 37.3 Å². The molecule has 1 amide bonds. The van der Waals surface area contributed by atoms with Crippen LogP contribution >= 0.6 is 15.9 Å². The van der Waals surface area contributed by atoms with Gasteiger partial charge in [0.05, 0.1) is 18.2 Å². The van der Waals surface area contributed by atoms with Crippen LogP contribution in [0.1, 0.15) is 23.7 Å². The summed E-state index contributed by atoms with van der Waals surface area (Å²) in [5.41, 5.74) is 1.24. The average molecular weight is 364 g/mol. The fourth-order valence-electron chi connectivity index (χ4n) is 1.92. The summed E-state index contributed by atoms with van der Waals surface area (Å²) in [5, 5.41) is 2.84. The maximum Gasteiger partial charge on any atom is 0.255 e. The van der Waals surface area contributed by atoms with E-state index in [0.717, 1.165) is 12.1 Å². The number of amides is 1. The topological polar surface area (TPSA) is 47.6 Å². The number of nitrogens with one attached hydrogen (secondary N) is 1. The molecule has 116 valence electrons. The lowest BCUT2D eigenvalue weighted by molar-refractivity contribution is 0.102. The number of halogens is 1. The minimum atomic E-state index is -0.202. The van der Waals surface area contributed by atoms with E-state index < -0.39 is 0 Å². The zero-order chi connectivity index (χ0) is 15.9. The van der Waals surface area contributed by atoms with Crippen LogP contribution in [0.15, 0.2) is 46.9 Å². The largest absolute Gasteiger partial charge is 0.493 e. The van der Waals surface area contributed by atoms with Gasteiger partial charge in [0.1, 0.15) is 0 Å². The van der Waals surface area contributed by atoms with E-state index in [1.165, 1.54) is 0 Å². The fraction of sp³-hybridized carbons (Fsp3) is 0.235. The molecule has 0 atom stereocenters. The molecule has 0 aliphatic carbocycles. The van der Waals surface area contributed by atoms with Gasteiger partial charge in [-0.15, -0.1) is 0 Å². The molecule has 0 fully saturated rings. The minimum Gasteiger partial charge on any atom is -0.493 e. The van der Waals surface area contributed by atoms with Gasteiger partial charge in [-0.3, -0.25) is 4.79 Å². The standard InChI is InChI=1S/C17H18BrNO3/c1-3-9-22-16-14(18)10-12(11-15(16)21-2)17(20)19-13-7-5-4-6-8-13/h4-8,10-11H,3,9H2,1-2H3,(H,19,20). The summed E-state index contributed by atoms with van der Waals surface area (Å²) in [7, 11) is 1.56. The molecule has 4 nitrogen and oxygen atoms in total. The minimum absolute atomic E-state index is 0.202. The van der Waals surface area contributed by atoms with E-state index in [2.05, 4.69) is 21.2 Å². The van der Waals surface area contributed by atoms with E-state index in [4.69, 9.17) is 9.47 Å². The quantitative estimate of drug-likeness (QED) is 0.821. The predicted molar refractivity (Wildman–Crippen MR) is 90.9 cm³/mol. The molecule has 22 heavy (non-hydrogen) atoms. The fourth-order valence-corrected chi connectivity index (χ4v) is 2.48. The van der Waals surface area contributed by atoms with Gasteiger partial charge < -0.3 is 14.8 Å². The molecule has 0 spiro atoms. The Bertz CT molecular complexity index is 644. The van der Waals surface area contributed by atoms with E-state index in [1.54, 1.807) is 19.2 Å². The Kier molecular flexibility index (Phi) is 5.83. The molecule has 0 radical (unpaired) electrons. The van der Waals surface area contributed by atoms with Crippen LogP contribution in [0.4, 0.5) is 5.69 Å². The molecule has 0 saturated carbocycles. The van der Waals surface area contributed by atoms with Gasteiger partial charge in [0, 0.05) is 11.3 Å². The monoisotopic (exact) mass is 363 g/mol. The van der Waals surface area contributed by atoms with Crippen LogP contribution in [0, 0.1) is 0 Å². The van der Waals surface area contributed by atoms with Gasteiger partial charge in [-0.2, -0.15) is 0 Å². The zero-order valence-corrected chi connectivity index (χ0v) is 14.1. The Balaban J connectivity index is 2.24. The van der Waals surface area contributed by atoms with Gasteiger partial charge in [0.25, 0.3) is 5.91 Å². The highest BCUT2D eigenvalue weighted by molar-refractivity contribution is 9.10. The molecule has 0 saturated heterocycles. The van der Waals surface area contributed by atoms with Crippen molar-refractivity contribution >= 4 is 27.5 Å². The van der Waals surface area contributed by atoms with Crippen LogP contribution in [0.2, 0.25) is 0 Å². The third-order valence-electron chi connectivity index (χ3n) is 2.97. The molecule has 0 unspecified atom stereocenters. The van der Waals surface area contributed by atoms with Crippen molar-refractivity contribution < 1.29 is 14.3 Å². The van der Waals surface area contributed by atoms with Crippen molar-refractivity contribution in [2.75, 3.05) is 19.0 Å². The van der Waals surface area contributed by atoms with E-state index in [-0.39, 0.29) is 5.91 Å². The molecule has 0 heterocycles. The molecule has 2 aromatic carbocycles. The summed E-state index contributed by atoms with van der Waals surface area (Å²) >= 11 is 3.44. The number of rotatable bonds is 6. The Morgan fingerprint density at radius 3 is 2.59 bits per heavy atom. The molecule has 0 bridgehead atoms. The zero-order valence-electron chi connectivity index (χ0n) is 12.6. The maximum atomic E-state index is 12.3. The summed E-state index contributed by atoms with van der Waals surface area (Å²) in [6, 6.07) is 12.7. The first-order valence-electron chi connectivity index (χ1n) is 7.02. The summed E-state index contributed by atoms with van der Waals surface area (Å²) < 4.78 is 11.7. The predicted octanol–water partition coefficient (Wildman–Crippen LogP) is 4.50. The van der Waals surface area contributed by atoms with Crippen LogP contribution in [-0.2, 0) is 0 Å². The number of para-hydroxylation sites is 1. The highest BCUT2D eigenvalue weighted by Gasteiger charge is 2.15. The molecule has 5 heteroatoms. The van der Waals surface area contributed by atoms with Crippen LogP contribution in [-0.4, -0.2) is 19.6 Å². The number of anilines is 1. The van der Waals surface area contributed by atoms with Gasteiger partial charge >= 0.3 is 0 Å². The van der Waals surface area contributed by atoms with Gasteiger partial charge in [-0.25, -0.2) is 0 Å². The first-order chi connectivity index (χ1) is 10.7. The van der Waals surface area contributed by atoms with E-state index >= 15 is 0 Å². The number of methoxy groups -OCH3 is 1. The van der Waals surface area contributed by atoms with Crippen molar-refractivity contribution in [3.63, 3.8) is 0 Å². The smallest absolute Gasteiger partial charge is 0.255 e. The van der Waals surface area contributed by atoms with Gasteiger partial charge in [0.15, 0.2) is 11.5 Å². The van der Waals surface area contributed by atoms with Gasteiger partial charge in [0.2, 0.25) is 0 Å². The van der Waals surface area contributed by atoms with Gasteiger partial charge in [-0.05, 0) is 46.6 Å². The molecular formula is C17H18BrNO3. The van der Waals surface area contributed by atoms with Crippen molar-refractivity contribution in [2.24, 2.45) is 0 Å². The number of hydrogen-bond acceptors (Lipinski definition) is 3. The summed E-state index contributed by atoms with van der Waals surface area (Å²) in [6.45, 7) is 2.62. The van der Waals surface area contributed by atoms with Crippen molar-refractivity contribution in [3.8, 4) is 11.5 Å². The summed E-state index contributed by atoms with van der Waals surface area (Å²) in [6.07, 6.45) is 0.895. The van der Waals surface area contributed by atoms with Crippen LogP contribution in [0.25, 0.3) is 0 Å². The van der Waals surface area contributed by atoms with Crippen LogP contribution in [0.5, 0.6) is 11.5 Å². The second kappa shape index (κ2) is 7.84. The Labute approximate surface area is 138 Å². The van der Waals surface area contributed by atoms with Crippen molar-refractivity contribution in [1.82, 2.24) is 0 Å². The second-order valence-electron chi connectivity index (χ2n) is 4.66.